The molecule has 2 heteroatoms. The first-order valence-corrected chi connectivity index (χ1v) is 5.71. The summed E-state index contributed by atoms with van der Waals surface area (Å²) in [6.45, 7) is 2.15. The maximum atomic E-state index is 5.74. The van der Waals surface area contributed by atoms with Crippen LogP contribution in [0.15, 0.2) is 0 Å². The average molecular weight is 182 g/mol. The molecule has 1 heterocycles. The van der Waals surface area contributed by atoms with E-state index in [0.717, 1.165) is 18.4 Å². The molecule has 1 saturated heterocycles. The van der Waals surface area contributed by atoms with E-state index >= 15 is 0 Å². The van der Waals surface area contributed by atoms with E-state index in [9.17, 15) is 0 Å². The fourth-order valence-electron chi connectivity index (χ4n) is 3.17. The van der Waals surface area contributed by atoms with E-state index in [-0.39, 0.29) is 0 Å². The Labute approximate surface area is 81.5 Å². The summed E-state index contributed by atoms with van der Waals surface area (Å²) in [7, 11) is 2.23. The van der Waals surface area contributed by atoms with E-state index in [2.05, 4.69) is 11.9 Å². The van der Waals surface area contributed by atoms with E-state index in [4.69, 9.17) is 5.73 Å². The van der Waals surface area contributed by atoms with Gasteiger partial charge < -0.3 is 10.6 Å². The van der Waals surface area contributed by atoms with Crippen LogP contribution >= 0.6 is 0 Å². The van der Waals surface area contributed by atoms with Crippen molar-refractivity contribution in [3.63, 3.8) is 0 Å². The molecule has 0 aromatic carbocycles. The minimum Gasteiger partial charge on any atom is -0.329 e. The molecule has 2 unspecified atom stereocenters. The zero-order valence-electron chi connectivity index (χ0n) is 8.71. The summed E-state index contributed by atoms with van der Waals surface area (Å²) in [6.07, 6.45) is 7.26. The van der Waals surface area contributed by atoms with E-state index in [1.54, 1.807) is 0 Å². The molecule has 2 atom stereocenters. The van der Waals surface area contributed by atoms with Crippen molar-refractivity contribution < 1.29 is 0 Å². The lowest BCUT2D eigenvalue weighted by atomic mass is 9.89. The zero-order valence-corrected chi connectivity index (χ0v) is 8.71. The summed E-state index contributed by atoms with van der Waals surface area (Å²) in [6, 6.07) is 0.672. The highest BCUT2D eigenvalue weighted by atomic mass is 15.2. The first-order chi connectivity index (χ1) is 6.31. The summed E-state index contributed by atoms with van der Waals surface area (Å²) in [5.41, 5.74) is 5.74. The molecule has 13 heavy (non-hydrogen) atoms. The smallest absolute Gasteiger partial charge is 0.0218 e. The Morgan fingerprint density at radius 3 is 2.46 bits per heavy atom. The summed E-state index contributed by atoms with van der Waals surface area (Å²) in [5.74, 6) is 1.99. The molecule has 0 bridgehead atoms. The van der Waals surface area contributed by atoms with Crippen molar-refractivity contribution in [2.45, 2.75) is 38.1 Å². The SMILES string of the molecule is CN1CC(C2CCCC2)CC1CN. The Kier molecular flexibility index (Phi) is 2.89. The molecule has 0 radical (unpaired) electrons. The minimum atomic E-state index is 0.672. The van der Waals surface area contributed by atoms with Crippen LogP contribution in [-0.4, -0.2) is 31.1 Å². The maximum Gasteiger partial charge on any atom is 0.0218 e. The second-order valence-corrected chi connectivity index (χ2v) is 4.87. The van der Waals surface area contributed by atoms with Crippen LogP contribution in [0.1, 0.15) is 32.1 Å². The molecule has 2 N–H and O–H groups in total. The quantitative estimate of drug-likeness (QED) is 0.700. The van der Waals surface area contributed by atoms with Crippen LogP contribution in [0.2, 0.25) is 0 Å². The van der Waals surface area contributed by atoms with Gasteiger partial charge in [-0.3, -0.25) is 0 Å². The van der Waals surface area contributed by atoms with Crippen molar-refractivity contribution in [1.29, 1.82) is 0 Å². The Hall–Kier alpha value is -0.0800. The Morgan fingerprint density at radius 1 is 1.23 bits per heavy atom. The molecule has 2 nitrogen and oxygen atoms in total. The molecular formula is C11H22N2. The third kappa shape index (κ3) is 1.89. The second-order valence-electron chi connectivity index (χ2n) is 4.87. The zero-order chi connectivity index (χ0) is 9.26. The maximum absolute atomic E-state index is 5.74. The largest absolute Gasteiger partial charge is 0.329 e. The first-order valence-electron chi connectivity index (χ1n) is 5.71. The molecule has 2 rings (SSSR count). The summed E-state index contributed by atoms with van der Waals surface area (Å²) in [4.78, 5) is 2.46. The molecule has 2 fully saturated rings. The van der Waals surface area contributed by atoms with Crippen molar-refractivity contribution >= 4 is 0 Å². The van der Waals surface area contributed by atoms with Gasteiger partial charge in [-0.05, 0) is 25.3 Å². The van der Waals surface area contributed by atoms with Gasteiger partial charge in [-0.2, -0.15) is 0 Å². The number of likely N-dealkylation sites (tertiary alicyclic amines) is 1. The minimum absolute atomic E-state index is 0.672. The van der Waals surface area contributed by atoms with Gasteiger partial charge in [0.15, 0.2) is 0 Å². The van der Waals surface area contributed by atoms with Gasteiger partial charge in [0.1, 0.15) is 0 Å². The van der Waals surface area contributed by atoms with Gasteiger partial charge in [0, 0.05) is 19.1 Å². The lowest BCUT2D eigenvalue weighted by molar-refractivity contribution is 0.298. The summed E-state index contributed by atoms with van der Waals surface area (Å²) in [5, 5.41) is 0. The van der Waals surface area contributed by atoms with Gasteiger partial charge in [0.05, 0.1) is 0 Å². The number of nitrogens with two attached hydrogens (primary N) is 1. The van der Waals surface area contributed by atoms with E-state index in [1.807, 2.05) is 0 Å². The fourth-order valence-corrected chi connectivity index (χ4v) is 3.17. The van der Waals surface area contributed by atoms with Gasteiger partial charge in [-0.1, -0.05) is 25.7 Å². The second kappa shape index (κ2) is 3.97. The van der Waals surface area contributed by atoms with Crippen molar-refractivity contribution in [2.75, 3.05) is 20.1 Å². The number of hydrogen-bond acceptors (Lipinski definition) is 2. The third-order valence-corrected chi connectivity index (χ3v) is 4.06. The standard InChI is InChI=1S/C11H22N2/c1-13-8-10(6-11(13)7-12)9-4-2-3-5-9/h9-11H,2-8,12H2,1H3. The molecule has 0 amide bonds. The van der Waals surface area contributed by atoms with Crippen molar-refractivity contribution in [3.05, 3.63) is 0 Å². The fraction of sp³-hybridized carbons (Fsp3) is 1.00. The predicted octanol–water partition coefficient (Wildman–Crippen LogP) is 1.46. The Balaban J connectivity index is 1.88. The first kappa shape index (κ1) is 9.47. The van der Waals surface area contributed by atoms with Crippen LogP contribution in [0.5, 0.6) is 0 Å². The Morgan fingerprint density at radius 2 is 1.92 bits per heavy atom. The third-order valence-electron chi connectivity index (χ3n) is 4.06. The molecular weight excluding hydrogens is 160 g/mol. The van der Waals surface area contributed by atoms with Crippen LogP contribution in [0, 0.1) is 11.8 Å². The molecule has 0 spiro atoms. The van der Waals surface area contributed by atoms with Gasteiger partial charge in [0.2, 0.25) is 0 Å². The monoisotopic (exact) mass is 182 g/mol. The average Bonchev–Trinajstić information content (AvgIpc) is 2.71. The number of nitrogens with zero attached hydrogens (tertiary/aromatic N) is 1. The van der Waals surface area contributed by atoms with E-state index in [1.165, 1.54) is 38.6 Å². The van der Waals surface area contributed by atoms with Crippen molar-refractivity contribution in [3.8, 4) is 0 Å². The van der Waals surface area contributed by atoms with E-state index < -0.39 is 0 Å². The molecule has 1 aliphatic carbocycles. The van der Waals surface area contributed by atoms with Crippen LogP contribution in [-0.2, 0) is 0 Å². The predicted molar refractivity (Wildman–Crippen MR) is 55.5 cm³/mol. The van der Waals surface area contributed by atoms with Gasteiger partial charge in [-0.25, -0.2) is 0 Å². The Bertz CT molecular complexity index is 163. The number of hydrogen-bond donors (Lipinski definition) is 1. The number of rotatable bonds is 2. The van der Waals surface area contributed by atoms with Crippen LogP contribution in [0.4, 0.5) is 0 Å². The van der Waals surface area contributed by atoms with Gasteiger partial charge >= 0.3 is 0 Å². The molecule has 0 aromatic heterocycles. The normalized spacial score (nSPS) is 37.4. The highest BCUT2D eigenvalue weighted by Crippen LogP contribution is 2.37. The van der Waals surface area contributed by atoms with Crippen LogP contribution in [0.3, 0.4) is 0 Å². The van der Waals surface area contributed by atoms with Crippen LogP contribution in [0.25, 0.3) is 0 Å². The lowest BCUT2D eigenvalue weighted by Crippen LogP contribution is -2.31. The molecule has 1 saturated carbocycles. The number of likely N-dealkylation sites (N-methyl/N-ethyl adjacent to an activating group) is 1. The van der Waals surface area contributed by atoms with Crippen LogP contribution < -0.4 is 5.73 Å². The molecule has 2 aliphatic rings. The highest BCUT2D eigenvalue weighted by molar-refractivity contribution is 4.88. The molecule has 1 aliphatic heterocycles. The molecule has 0 aromatic rings. The van der Waals surface area contributed by atoms with Gasteiger partial charge in [-0.15, -0.1) is 0 Å². The summed E-state index contributed by atoms with van der Waals surface area (Å²) < 4.78 is 0. The van der Waals surface area contributed by atoms with Crippen molar-refractivity contribution in [2.24, 2.45) is 17.6 Å². The topological polar surface area (TPSA) is 29.3 Å². The molecule has 76 valence electrons. The highest BCUT2D eigenvalue weighted by Gasteiger charge is 2.34. The summed E-state index contributed by atoms with van der Waals surface area (Å²) >= 11 is 0. The van der Waals surface area contributed by atoms with Gasteiger partial charge in [0.25, 0.3) is 0 Å². The van der Waals surface area contributed by atoms with E-state index in [0.29, 0.717) is 6.04 Å². The lowest BCUT2D eigenvalue weighted by Gasteiger charge is -2.17. The van der Waals surface area contributed by atoms with Crippen molar-refractivity contribution in [1.82, 2.24) is 4.90 Å².